The van der Waals surface area contributed by atoms with Gasteiger partial charge in [-0.25, -0.2) is 0 Å². The van der Waals surface area contributed by atoms with Crippen LogP contribution in [-0.4, -0.2) is 13.0 Å². The lowest BCUT2D eigenvalue weighted by atomic mass is 9.95. The fourth-order valence-corrected chi connectivity index (χ4v) is 6.12. The number of aromatic nitrogens is 1. The molecule has 1 fully saturated rings. The fraction of sp³-hybridized carbons (Fsp3) is 0.348. The van der Waals surface area contributed by atoms with Gasteiger partial charge < -0.3 is 4.57 Å². The number of benzene rings is 2. The van der Waals surface area contributed by atoms with Crippen LogP contribution in [0, 0.1) is 0 Å². The van der Waals surface area contributed by atoms with Crippen molar-refractivity contribution in [1.29, 1.82) is 0 Å². The average molecular weight is 427 g/mol. The van der Waals surface area contributed by atoms with Crippen molar-refractivity contribution in [3.63, 3.8) is 0 Å². The van der Waals surface area contributed by atoms with E-state index in [0.29, 0.717) is 10.8 Å². The van der Waals surface area contributed by atoms with E-state index in [4.69, 9.17) is 0 Å². The molecule has 1 aromatic heterocycles. The molecule has 0 radical (unpaired) electrons. The highest BCUT2D eigenvalue weighted by molar-refractivity contribution is 7.90. The summed E-state index contributed by atoms with van der Waals surface area (Å²) in [5.74, 6) is 0. The van der Waals surface area contributed by atoms with E-state index < -0.39 is 10.0 Å². The van der Waals surface area contributed by atoms with Gasteiger partial charge in [0.25, 0.3) is 10.0 Å². The molecule has 0 spiro atoms. The third kappa shape index (κ3) is 4.38. The van der Waals surface area contributed by atoms with Gasteiger partial charge in [-0.2, -0.15) is 8.42 Å². The van der Waals surface area contributed by atoms with E-state index in [2.05, 4.69) is 28.0 Å². The van der Waals surface area contributed by atoms with Crippen molar-refractivity contribution in [2.24, 2.45) is 4.40 Å². The van der Waals surface area contributed by atoms with Gasteiger partial charge in [-0.15, -0.1) is 15.7 Å². The number of thiazole rings is 1. The van der Waals surface area contributed by atoms with Crippen LogP contribution in [0.5, 0.6) is 0 Å². The van der Waals surface area contributed by atoms with Crippen LogP contribution >= 0.6 is 11.3 Å². The molecule has 0 aliphatic heterocycles. The van der Waals surface area contributed by atoms with Gasteiger partial charge in [0.2, 0.25) is 4.80 Å². The molecule has 0 amide bonds. The third-order valence-corrected chi connectivity index (χ3v) is 7.82. The molecule has 1 aliphatic carbocycles. The Kier molecular flexibility index (Phi) is 6.01. The van der Waals surface area contributed by atoms with Crippen LogP contribution < -0.4 is 4.80 Å². The van der Waals surface area contributed by atoms with E-state index in [-0.39, 0.29) is 4.90 Å². The van der Waals surface area contributed by atoms with Crippen LogP contribution in [0.15, 0.2) is 69.3 Å². The van der Waals surface area contributed by atoms with Crippen molar-refractivity contribution >= 4 is 21.4 Å². The molecule has 1 heterocycles. The summed E-state index contributed by atoms with van der Waals surface area (Å²) in [6.45, 7) is 2.05. The van der Waals surface area contributed by atoms with Gasteiger partial charge in [0.15, 0.2) is 0 Å². The Bertz CT molecular complexity index is 1120. The maximum atomic E-state index is 13.0. The summed E-state index contributed by atoms with van der Waals surface area (Å²) in [6.07, 6.45) is 6.60. The first-order valence-electron chi connectivity index (χ1n) is 10.2. The van der Waals surface area contributed by atoms with Crippen molar-refractivity contribution in [2.75, 3.05) is 0 Å². The van der Waals surface area contributed by atoms with E-state index in [1.54, 1.807) is 12.1 Å². The second-order valence-electron chi connectivity index (χ2n) is 7.50. The van der Waals surface area contributed by atoms with E-state index in [9.17, 15) is 8.42 Å². The van der Waals surface area contributed by atoms with Gasteiger partial charge in [0.1, 0.15) is 0 Å². The molecule has 0 saturated heterocycles. The molecule has 6 heteroatoms. The molecular formula is C23H26N2O2S2. The molecule has 152 valence electrons. The van der Waals surface area contributed by atoms with E-state index in [1.807, 2.05) is 35.7 Å². The summed E-state index contributed by atoms with van der Waals surface area (Å²) in [7, 11) is -3.75. The van der Waals surface area contributed by atoms with Gasteiger partial charge in [-0.1, -0.05) is 68.7 Å². The second-order valence-corrected chi connectivity index (χ2v) is 9.94. The highest BCUT2D eigenvalue weighted by atomic mass is 32.2. The predicted molar refractivity (Wildman–Crippen MR) is 118 cm³/mol. The van der Waals surface area contributed by atoms with Crippen molar-refractivity contribution in [3.8, 4) is 11.3 Å². The van der Waals surface area contributed by atoms with Gasteiger partial charge in [-0.05, 0) is 42.5 Å². The van der Waals surface area contributed by atoms with Gasteiger partial charge in [-0.3, -0.25) is 0 Å². The van der Waals surface area contributed by atoms with Gasteiger partial charge in [0, 0.05) is 11.4 Å². The number of hydrogen-bond acceptors (Lipinski definition) is 3. The average Bonchev–Trinajstić information content (AvgIpc) is 3.18. The summed E-state index contributed by atoms with van der Waals surface area (Å²) < 4.78 is 32.5. The van der Waals surface area contributed by atoms with E-state index in [1.165, 1.54) is 30.6 Å². The minimum Gasteiger partial charge on any atom is -0.313 e. The normalized spacial score (nSPS) is 16.2. The summed E-state index contributed by atoms with van der Waals surface area (Å²) in [5, 5.41) is 2.04. The number of sulfonamides is 1. The first-order chi connectivity index (χ1) is 14.1. The highest BCUT2D eigenvalue weighted by Crippen LogP contribution is 2.32. The Hall–Kier alpha value is -2.18. The Morgan fingerprint density at radius 2 is 1.69 bits per heavy atom. The van der Waals surface area contributed by atoms with E-state index in [0.717, 1.165) is 36.1 Å². The Labute approximate surface area is 176 Å². The van der Waals surface area contributed by atoms with Crippen molar-refractivity contribution < 1.29 is 8.42 Å². The zero-order valence-corrected chi connectivity index (χ0v) is 18.3. The van der Waals surface area contributed by atoms with Crippen LogP contribution in [0.25, 0.3) is 11.3 Å². The minimum absolute atomic E-state index is 0.250. The molecule has 1 saturated carbocycles. The molecule has 0 atom stereocenters. The largest absolute Gasteiger partial charge is 0.313 e. The monoisotopic (exact) mass is 426 g/mol. The molecular weight excluding hydrogens is 400 g/mol. The van der Waals surface area contributed by atoms with E-state index >= 15 is 0 Å². The molecule has 1 aliphatic rings. The zero-order chi connectivity index (χ0) is 20.3. The standard InChI is InChI=1S/C23H26N2O2S2/c1-2-18-13-15-21(16-14-18)29(26,27)24-23-25(20-11-7-4-8-12-20)22(17-28-23)19-9-5-3-6-10-19/h3,5-6,9-10,13-17,20H,2,4,7-8,11-12H2,1H3. The molecule has 2 aromatic carbocycles. The second kappa shape index (κ2) is 8.67. The lowest BCUT2D eigenvalue weighted by Crippen LogP contribution is -2.25. The number of aryl methyl sites for hydroxylation is 1. The Morgan fingerprint density at radius 1 is 1.00 bits per heavy atom. The lowest BCUT2D eigenvalue weighted by molar-refractivity contribution is 0.351. The molecule has 29 heavy (non-hydrogen) atoms. The number of rotatable bonds is 5. The molecule has 4 nitrogen and oxygen atoms in total. The quantitative estimate of drug-likeness (QED) is 0.535. The minimum atomic E-state index is -3.75. The molecule has 0 N–H and O–H groups in total. The molecule has 0 bridgehead atoms. The lowest BCUT2D eigenvalue weighted by Gasteiger charge is -2.25. The van der Waals surface area contributed by atoms with Crippen molar-refractivity contribution in [3.05, 3.63) is 70.3 Å². The zero-order valence-electron chi connectivity index (χ0n) is 16.6. The first-order valence-corrected chi connectivity index (χ1v) is 12.6. The van der Waals surface area contributed by atoms with Crippen LogP contribution in [0.2, 0.25) is 0 Å². The van der Waals surface area contributed by atoms with Gasteiger partial charge in [0.05, 0.1) is 10.6 Å². The van der Waals surface area contributed by atoms with Crippen molar-refractivity contribution in [2.45, 2.75) is 56.4 Å². The maximum Gasteiger partial charge on any atom is 0.285 e. The maximum absolute atomic E-state index is 13.0. The highest BCUT2D eigenvalue weighted by Gasteiger charge is 2.22. The predicted octanol–water partition coefficient (Wildman–Crippen LogP) is 5.57. The van der Waals surface area contributed by atoms with Crippen LogP contribution in [0.3, 0.4) is 0 Å². The molecule has 3 aromatic rings. The van der Waals surface area contributed by atoms with Crippen LogP contribution in [0.4, 0.5) is 0 Å². The van der Waals surface area contributed by atoms with Crippen LogP contribution in [-0.2, 0) is 16.4 Å². The topological polar surface area (TPSA) is 51.4 Å². The Morgan fingerprint density at radius 3 is 2.34 bits per heavy atom. The summed E-state index contributed by atoms with van der Waals surface area (Å²) in [5.41, 5.74) is 3.27. The number of hydrogen-bond donors (Lipinski definition) is 0. The van der Waals surface area contributed by atoms with Crippen LogP contribution in [0.1, 0.15) is 50.6 Å². The summed E-state index contributed by atoms with van der Waals surface area (Å²) >= 11 is 1.41. The smallest absolute Gasteiger partial charge is 0.285 e. The van der Waals surface area contributed by atoms with Crippen molar-refractivity contribution in [1.82, 2.24) is 4.57 Å². The van der Waals surface area contributed by atoms with Gasteiger partial charge >= 0.3 is 0 Å². The molecule has 4 rings (SSSR count). The summed E-state index contributed by atoms with van der Waals surface area (Å²) in [4.78, 5) is 0.815. The fourth-order valence-electron chi connectivity index (χ4n) is 3.95. The third-order valence-electron chi connectivity index (χ3n) is 5.58. The Balaban J connectivity index is 1.83. The SMILES string of the molecule is CCc1ccc(S(=O)(=O)N=c2scc(-c3ccccc3)n2C2CCCCC2)cc1. The molecule has 0 unspecified atom stereocenters. The summed E-state index contributed by atoms with van der Waals surface area (Å²) in [6, 6.07) is 17.5. The number of nitrogens with zero attached hydrogens (tertiary/aromatic N) is 2. The first kappa shape index (κ1) is 20.1.